The molecular formula is C11H11NO6S2. The van der Waals surface area contributed by atoms with Crippen LogP contribution < -0.4 is 0 Å². The Balaban J connectivity index is 2.81. The van der Waals surface area contributed by atoms with Crippen molar-refractivity contribution in [1.82, 2.24) is 0 Å². The van der Waals surface area contributed by atoms with E-state index in [2.05, 4.69) is 0 Å². The van der Waals surface area contributed by atoms with E-state index in [0.29, 0.717) is 5.56 Å². The highest BCUT2D eigenvalue weighted by atomic mass is 32.2. The molecule has 0 bridgehead atoms. The number of aliphatic carboxylic acids is 2. The van der Waals surface area contributed by atoms with E-state index in [1.807, 2.05) is 0 Å². The molecule has 0 fully saturated rings. The summed E-state index contributed by atoms with van der Waals surface area (Å²) in [6, 6.07) is 5.63. The van der Waals surface area contributed by atoms with E-state index in [1.165, 1.54) is 24.3 Å². The lowest BCUT2D eigenvalue weighted by molar-refractivity contribution is -0.384. The van der Waals surface area contributed by atoms with Crippen LogP contribution in [-0.2, 0) is 9.59 Å². The first kappa shape index (κ1) is 16.3. The van der Waals surface area contributed by atoms with Gasteiger partial charge in [0.15, 0.2) is 0 Å². The Morgan fingerprint density at radius 2 is 1.55 bits per heavy atom. The average Bonchev–Trinajstić information content (AvgIpc) is 2.38. The number of hydrogen-bond donors (Lipinski definition) is 2. The third kappa shape index (κ3) is 5.49. The minimum Gasteiger partial charge on any atom is -0.481 e. The van der Waals surface area contributed by atoms with Crippen LogP contribution in [0.15, 0.2) is 24.3 Å². The summed E-state index contributed by atoms with van der Waals surface area (Å²) in [6.07, 6.45) is 0. The predicted molar refractivity (Wildman–Crippen MR) is 76.0 cm³/mol. The minimum atomic E-state index is -1.00. The number of rotatable bonds is 8. The Morgan fingerprint density at radius 1 is 1.10 bits per heavy atom. The van der Waals surface area contributed by atoms with Crippen LogP contribution in [0.2, 0.25) is 0 Å². The standard InChI is InChI=1S/C11H11NO6S2/c13-9(14)5-19-11(20-6-10(15)16)7-1-3-8(4-2-7)12(17)18/h1-4,11H,5-6H2,(H,13,14)(H,15,16). The number of carboxylic acids is 2. The van der Waals surface area contributed by atoms with Crippen LogP contribution in [0.3, 0.4) is 0 Å². The lowest BCUT2D eigenvalue weighted by atomic mass is 10.2. The van der Waals surface area contributed by atoms with Gasteiger partial charge in [-0.25, -0.2) is 0 Å². The van der Waals surface area contributed by atoms with Crippen LogP contribution in [0.5, 0.6) is 0 Å². The summed E-state index contributed by atoms with van der Waals surface area (Å²) < 4.78 is -0.400. The fraction of sp³-hybridized carbons (Fsp3) is 0.273. The van der Waals surface area contributed by atoms with Gasteiger partial charge in [-0.1, -0.05) is 12.1 Å². The van der Waals surface area contributed by atoms with Gasteiger partial charge in [-0.05, 0) is 5.56 Å². The minimum absolute atomic E-state index is 0.0704. The molecule has 0 unspecified atom stereocenters. The fourth-order valence-electron chi connectivity index (χ4n) is 1.29. The molecule has 0 atom stereocenters. The van der Waals surface area contributed by atoms with Crippen LogP contribution in [0.4, 0.5) is 5.69 Å². The molecule has 0 aliphatic rings. The number of hydrogen-bond acceptors (Lipinski definition) is 6. The molecule has 9 heteroatoms. The maximum Gasteiger partial charge on any atom is 0.313 e. The molecule has 7 nitrogen and oxygen atoms in total. The molecule has 0 saturated heterocycles. The molecule has 108 valence electrons. The molecule has 2 N–H and O–H groups in total. The van der Waals surface area contributed by atoms with Crippen molar-refractivity contribution in [1.29, 1.82) is 0 Å². The molecule has 1 rings (SSSR count). The third-order valence-electron chi connectivity index (χ3n) is 2.09. The predicted octanol–water partition coefficient (Wildman–Crippen LogP) is 2.23. The number of nitrogens with zero attached hydrogens (tertiary/aromatic N) is 1. The van der Waals surface area contributed by atoms with Crippen molar-refractivity contribution < 1.29 is 24.7 Å². The van der Waals surface area contributed by atoms with Crippen molar-refractivity contribution in [2.24, 2.45) is 0 Å². The maximum absolute atomic E-state index is 10.6. The van der Waals surface area contributed by atoms with Crippen LogP contribution in [0.25, 0.3) is 0 Å². The van der Waals surface area contributed by atoms with Crippen molar-refractivity contribution in [3.63, 3.8) is 0 Å². The molecule has 1 aromatic carbocycles. The molecule has 20 heavy (non-hydrogen) atoms. The summed E-state index contributed by atoms with van der Waals surface area (Å²) in [5.41, 5.74) is 0.576. The van der Waals surface area contributed by atoms with E-state index in [1.54, 1.807) is 0 Å². The Hall–Kier alpha value is -1.74. The summed E-state index contributed by atoms with van der Waals surface area (Å²) in [5.74, 6) is -2.35. The van der Waals surface area contributed by atoms with E-state index < -0.39 is 21.4 Å². The largest absolute Gasteiger partial charge is 0.481 e. The highest BCUT2D eigenvalue weighted by Crippen LogP contribution is 2.39. The normalized spacial score (nSPS) is 10.4. The number of carboxylic acid groups (broad SMARTS) is 2. The first-order chi connectivity index (χ1) is 9.40. The van der Waals surface area contributed by atoms with Crippen LogP contribution in [0.1, 0.15) is 10.1 Å². The molecule has 0 aliphatic heterocycles. The Labute approximate surface area is 122 Å². The fourth-order valence-corrected chi connectivity index (χ4v) is 3.37. The number of benzene rings is 1. The van der Waals surface area contributed by atoms with Gasteiger partial charge in [-0.3, -0.25) is 19.7 Å². The Bertz CT molecular complexity index is 486. The number of carbonyl (C=O) groups is 2. The van der Waals surface area contributed by atoms with E-state index in [0.717, 1.165) is 23.5 Å². The van der Waals surface area contributed by atoms with Gasteiger partial charge in [0.25, 0.3) is 5.69 Å². The molecule has 0 heterocycles. The third-order valence-corrected chi connectivity index (χ3v) is 4.89. The van der Waals surface area contributed by atoms with E-state index in [-0.39, 0.29) is 17.2 Å². The van der Waals surface area contributed by atoms with Gasteiger partial charge < -0.3 is 10.2 Å². The number of nitro benzene ring substituents is 1. The molecule has 0 amide bonds. The van der Waals surface area contributed by atoms with Gasteiger partial charge in [0, 0.05) is 12.1 Å². The summed E-state index contributed by atoms with van der Waals surface area (Å²) in [7, 11) is 0. The second-order valence-corrected chi connectivity index (χ2v) is 6.08. The Kier molecular flexibility index (Phi) is 6.32. The lowest BCUT2D eigenvalue weighted by Gasteiger charge is -2.14. The SMILES string of the molecule is O=C(O)CSC(SCC(=O)O)c1ccc([N+](=O)[O-])cc1. The van der Waals surface area contributed by atoms with Crippen LogP contribution in [-0.4, -0.2) is 38.6 Å². The smallest absolute Gasteiger partial charge is 0.313 e. The quantitative estimate of drug-likeness (QED) is 0.426. The van der Waals surface area contributed by atoms with Gasteiger partial charge in [0.2, 0.25) is 0 Å². The summed E-state index contributed by atoms with van der Waals surface area (Å²) in [5, 5.41) is 27.9. The molecule has 1 aromatic rings. The van der Waals surface area contributed by atoms with Gasteiger partial charge >= 0.3 is 11.9 Å². The van der Waals surface area contributed by atoms with E-state index in [9.17, 15) is 19.7 Å². The zero-order chi connectivity index (χ0) is 15.1. The van der Waals surface area contributed by atoms with Crippen LogP contribution in [0, 0.1) is 10.1 Å². The van der Waals surface area contributed by atoms with Crippen molar-refractivity contribution in [2.45, 2.75) is 4.58 Å². The number of nitro groups is 1. The van der Waals surface area contributed by atoms with E-state index in [4.69, 9.17) is 10.2 Å². The van der Waals surface area contributed by atoms with Gasteiger partial charge in [-0.15, -0.1) is 23.5 Å². The average molecular weight is 317 g/mol. The molecule has 0 radical (unpaired) electrons. The second kappa shape index (κ2) is 7.75. The second-order valence-electron chi connectivity index (χ2n) is 3.59. The summed E-state index contributed by atoms with van der Waals surface area (Å²) >= 11 is 2.14. The maximum atomic E-state index is 10.6. The molecule has 0 spiro atoms. The first-order valence-electron chi connectivity index (χ1n) is 5.31. The molecule has 0 aromatic heterocycles. The molecular weight excluding hydrogens is 306 g/mol. The number of non-ortho nitro benzene ring substituents is 1. The van der Waals surface area contributed by atoms with Crippen molar-refractivity contribution in [2.75, 3.05) is 11.5 Å². The summed E-state index contributed by atoms with van der Waals surface area (Å²) in [6.45, 7) is 0. The molecule has 0 aliphatic carbocycles. The van der Waals surface area contributed by atoms with Crippen molar-refractivity contribution in [3.8, 4) is 0 Å². The highest BCUT2D eigenvalue weighted by molar-refractivity contribution is 8.16. The van der Waals surface area contributed by atoms with Gasteiger partial charge in [-0.2, -0.15) is 0 Å². The van der Waals surface area contributed by atoms with Crippen LogP contribution >= 0.6 is 23.5 Å². The van der Waals surface area contributed by atoms with Crippen molar-refractivity contribution >= 4 is 41.1 Å². The van der Waals surface area contributed by atoms with Gasteiger partial charge in [0.05, 0.1) is 21.0 Å². The van der Waals surface area contributed by atoms with E-state index >= 15 is 0 Å². The monoisotopic (exact) mass is 317 g/mol. The molecule has 0 saturated carbocycles. The summed E-state index contributed by atoms with van der Waals surface area (Å²) in [4.78, 5) is 31.2. The van der Waals surface area contributed by atoms with Crippen molar-refractivity contribution in [3.05, 3.63) is 39.9 Å². The highest BCUT2D eigenvalue weighted by Gasteiger charge is 2.17. The number of thioether (sulfide) groups is 2. The topological polar surface area (TPSA) is 118 Å². The first-order valence-corrected chi connectivity index (χ1v) is 7.41. The van der Waals surface area contributed by atoms with Gasteiger partial charge in [0.1, 0.15) is 0 Å². The Morgan fingerprint density at radius 3 is 1.90 bits per heavy atom. The zero-order valence-electron chi connectivity index (χ0n) is 10.1. The lowest BCUT2D eigenvalue weighted by Crippen LogP contribution is -2.04. The zero-order valence-corrected chi connectivity index (χ0v) is 11.7.